The lowest BCUT2D eigenvalue weighted by molar-refractivity contribution is 0.0601. The summed E-state index contributed by atoms with van der Waals surface area (Å²) in [7, 11) is 1.34. The summed E-state index contributed by atoms with van der Waals surface area (Å²) in [4.78, 5) is 11.2. The van der Waals surface area contributed by atoms with Crippen molar-refractivity contribution in [2.75, 3.05) is 7.11 Å². The molecule has 2 rings (SSSR count). The Morgan fingerprint density at radius 2 is 2.21 bits per heavy atom. The topological polar surface area (TPSA) is 50.9 Å². The maximum absolute atomic E-state index is 11.2. The van der Waals surface area contributed by atoms with E-state index in [0.717, 1.165) is 5.52 Å². The van der Waals surface area contributed by atoms with E-state index in [1.165, 1.54) is 13.3 Å². The van der Waals surface area contributed by atoms with Gasteiger partial charge in [-0.15, -0.1) is 0 Å². The summed E-state index contributed by atoms with van der Waals surface area (Å²) in [5.74, 6) is -0.224. The van der Waals surface area contributed by atoms with Crippen molar-refractivity contribution in [3.8, 4) is 5.75 Å². The summed E-state index contributed by atoms with van der Waals surface area (Å²) in [6, 6.07) is 4.99. The molecule has 0 radical (unpaired) electrons. The Hall–Kier alpha value is -1.97. The molecule has 0 fully saturated rings. The van der Waals surface area contributed by atoms with E-state index in [1.54, 1.807) is 28.8 Å². The van der Waals surface area contributed by atoms with Crippen LogP contribution in [0.5, 0.6) is 5.75 Å². The van der Waals surface area contributed by atoms with E-state index in [9.17, 15) is 9.90 Å². The summed E-state index contributed by atoms with van der Waals surface area (Å²) in [6.45, 7) is 0. The molecule has 72 valence electrons. The number of fused-ring (bicyclic) bond motifs is 1. The van der Waals surface area contributed by atoms with Gasteiger partial charge in [0.15, 0.2) is 0 Å². The molecule has 0 amide bonds. The van der Waals surface area contributed by atoms with E-state index in [-0.39, 0.29) is 11.7 Å². The number of hydrogen-bond acceptors (Lipinski definition) is 3. The molecule has 0 bridgehead atoms. The molecular formula is C10H9NO3. The van der Waals surface area contributed by atoms with E-state index in [4.69, 9.17) is 0 Å². The molecule has 0 atom stereocenters. The molecule has 0 spiro atoms. The zero-order valence-corrected chi connectivity index (χ0v) is 7.60. The van der Waals surface area contributed by atoms with Gasteiger partial charge in [0.25, 0.3) is 0 Å². The highest BCUT2D eigenvalue weighted by Gasteiger charge is 2.08. The quantitative estimate of drug-likeness (QED) is 0.694. The Balaban J connectivity index is 2.56. The smallest absolute Gasteiger partial charge is 0.339 e. The van der Waals surface area contributed by atoms with Crippen LogP contribution in [0.3, 0.4) is 0 Å². The number of ether oxygens (including phenoxy) is 1. The number of aromatic hydroxyl groups is 1. The third kappa shape index (κ3) is 1.31. The fraction of sp³-hybridized carbons (Fsp3) is 0.100. The average molecular weight is 191 g/mol. The second-order valence-corrected chi connectivity index (χ2v) is 2.94. The number of pyridine rings is 1. The Morgan fingerprint density at radius 3 is 2.93 bits per heavy atom. The molecule has 4 heteroatoms. The summed E-state index contributed by atoms with van der Waals surface area (Å²) in [5.41, 5.74) is 1.31. The first-order chi connectivity index (χ1) is 6.70. The first kappa shape index (κ1) is 8.62. The van der Waals surface area contributed by atoms with Crippen molar-refractivity contribution in [3.63, 3.8) is 0 Å². The number of carbonyl (C=O) groups excluding carboxylic acids is 1. The number of rotatable bonds is 1. The van der Waals surface area contributed by atoms with Crippen molar-refractivity contribution < 1.29 is 14.6 Å². The minimum Gasteiger partial charge on any atom is -0.506 e. The summed E-state index contributed by atoms with van der Waals surface area (Å²) in [5, 5.41) is 9.20. The van der Waals surface area contributed by atoms with Crippen LogP contribution in [0.1, 0.15) is 10.4 Å². The third-order valence-electron chi connectivity index (χ3n) is 2.00. The van der Waals surface area contributed by atoms with Gasteiger partial charge in [0.1, 0.15) is 5.75 Å². The highest BCUT2D eigenvalue weighted by atomic mass is 16.5. The van der Waals surface area contributed by atoms with Gasteiger partial charge in [-0.25, -0.2) is 4.79 Å². The van der Waals surface area contributed by atoms with E-state index in [2.05, 4.69) is 4.74 Å². The number of esters is 1. The number of methoxy groups -OCH3 is 1. The van der Waals surface area contributed by atoms with E-state index >= 15 is 0 Å². The van der Waals surface area contributed by atoms with Crippen LogP contribution in [0.15, 0.2) is 30.6 Å². The highest BCUT2D eigenvalue weighted by molar-refractivity contribution is 5.91. The monoisotopic (exact) mass is 191 g/mol. The third-order valence-corrected chi connectivity index (χ3v) is 2.00. The molecule has 0 aromatic carbocycles. The van der Waals surface area contributed by atoms with Crippen molar-refractivity contribution in [1.29, 1.82) is 0 Å². The Morgan fingerprint density at radius 1 is 1.43 bits per heavy atom. The SMILES string of the molecule is COC(=O)c1cc2ccc(O)cn2c1. The minimum absolute atomic E-state index is 0.157. The Labute approximate surface area is 80.3 Å². The maximum Gasteiger partial charge on any atom is 0.339 e. The van der Waals surface area contributed by atoms with Crippen molar-refractivity contribution in [3.05, 3.63) is 36.2 Å². The van der Waals surface area contributed by atoms with Crippen LogP contribution in [0.2, 0.25) is 0 Å². The fourth-order valence-corrected chi connectivity index (χ4v) is 1.33. The lowest BCUT2D eigenvalue weighted by Gasteiger charge is -1.93. The van der Waals surface area contributed by atoms with Gasteiger partial charge in [0.2, 0.25) is 0 Å². The largest absolute Gasteiger partial charge is 0.506 e. The molecule has 0 aliphatic carbocycles. The summed E-state index contributed by atoms with van der Waals surface area (Å²) < 4.78 is 6.25. The van der Waals surface area contributed by atoms with Gasteiger partial charge in [-0.05, 0) is 18.2 Å². The van der Waals surface area contributed by atoms with Crippen LogP contribution in [0.25, 0.3) is 5.52 Å². The summed E-state index contributed by atoms with van der Waals surface area (Å²) in [6.07, 6.45) is 3.14. The first-order valence-corrected chi connectivity index (χ1v) is 4.10. The second kappa shape index (κ2) is 3.06. The van der Waals surface area contributed by atoms with E-state index in [0.29, 0.717) is 5.56 Å². The first-order valence-electron chi connectivity index (χ1n) is 4.10. The summed E-state index contributed by atoms with van der Waals surface area (Å²) >= 11 is 0. The van der Waals surface area contributed by atoms with Crippen molar-refractivity contribution in [2.45, 2.75) is 0 Å². The van der Waals surface area contributed by atoms with E-state index < -0.39 is 0 Å². The minimum atomic E-state index is -0.381. The van der Waals surface area contributed by atoms with Crippen LogP contribution >= 0.6 is 0 Å². The van der Waals surface area contributed by atoms with Crippen molar-refractivity contribution in [2.24, 2.45) is 0 Å². The van der Waals surface area contributed by atoms with Crippen LogP contribution in [0, 0.1) is 0 Å². The molecule has 0 saturated carbocycles. The van der Waals surface area contributed by atoms with Crippen molar-refractivity contribution in [1.82, 2.24) is 4.40 Å². The van der Waals surface area contributed by atoms with Gasteiger partial charge in [0.05, 0.1) is 18.9 Å². The average Bonchev–Trinajstić information content (AvgIpc) is 2.59. The Bertz CT molecular complexity index is 487. The predicted octanol–water partition coefficient (Wildman–Crippen LogP) is 1.43. The highest BCUT2D eigenvalue weighted by Crippen LogP contribution is 2.15. The van der Waals surface area contributed by atoms with Crippen molar-refractivity contribution >= 4 is 11.5 Å². The van der Waals surface area contributed by atoms with Gasteiger partial charge in [0, 0.05) is 11.7 Å². The number of hydrogen-bond donors (Lipinski definition) is 1. The van der Waals surface area contributed by atoms with Gasteiger partial charge in [-0.2, -0.15) is 0 Å². The van der Waals surface area contributed by atoms with Gasteiger partial charge in [-0.1, -0.05) is 0 Å². The number of carbonyl (C=O) groups is 1. The predicted molar refractivity (Wildman–Crippen MR) is 50.4 cm³/mol. The molecular weight excluding hydrogens is 182 g/mol. The molecule has 2 aromatic heterocycles. The Kier molecular flexibility index (Phi) is 1.89. The lowest BCUT2D eigenvalue weighted by atomic mass is 10.3. The van der Waals surface area contributed by atoms with Crippen LogP contribution in [-0.2, 0) is 4.74 Å². The maximum atomic E-state index is 11.2. The molecule has 4 nitrogen and oxygen atoms in total. The molecule has 1 N–H and O–H groups in total. The molecule has 0 aliphatic heterocycles. The van der Waals surface area contributed by atoms with Crippen LogP contribution < -0.4 is 0 Å². The molecule has 0 saturated heterocycles. The zero-order chi connectivity index (χ0) is 10.1. The standard InChI is InChI=1S/C10H9NO3/c1-14-10(13)7-4-8-2-3-9(12)6-11(8)5-7/h2-6,12H,1H3. The molecule has 2 heterocycles. The molecule has 14 heavy (non-hydrogen) atoms. The molecule has 0 unspecified atom stereocenters. The second-order valence-electron chi connectivity index (χ2n) is 2.94. The van der Waals surface area contributed by atoms with Gasteiger partial charge < -0.3 is 14.2 Å². The number of aromatic nitrogens is 1. The van der Waals surface area contributed by atoms with Crippen LogP contribution in [-0.4, -0.2) is 22.6 Å². The van der Waals surface area contributed by atoms with Crippen LogP contribution in [0.4, 0.5) is 0 Å². The normalized spacial score (nSPS) is 10.4. The lowest BCUT2D eigenvalue weighted by Crippen LogP contribution is -1.98. The zero-order valence-electron chi connectivity index (χ0n) is 7.60. The molecule has 0 aliphatic rings. The number of nitrogens with zero attached hydrogens (tertiary/aromatic N) is 1. The molecule has 2 aromatic rings. The van der Waals surface area contributed by atoms with E-state index in [1.807, 2.05) is 0 Å². The van der Waals surface area contributed by atoms with Gasteiger partial charge >= 0.3 is 5.97 Å². The fourth-order valence-electron chi connectivity index (χ4n) is 1.33. The van der Waals surface area contributed by atoms with Gasteiger partial charge in [-0.3, -0.25) is 0 Å².